The van der Waals surface area contributed by atoms with Crippen LogP contribution in [0.25, 0.3) is 10.8 Å². The molecular formula is C30H37N3O3. The van der Waals surface area contributed by atoms with Crippen molar-refractivity contribution in [1.82, 2.24) is 10.8 Å². The topological polar surface area (TPSA) is 83.4 Å². The minimum Gasteiger partial charge on any atom is -0.372 e. The number of hydroxylamine groups is 1. The number of piperidine rings is 1. The van der Waals surface area contributed by atoms with Crippen molar-refractivity contribution < 1.29 is 14.4 Å². The predicted octanol–water partition coefficient (Wildman–Crippen LogP) is 5.51. The largest absolute Gasteiger partial charge is 0.372 e. The molecule has 4 rings (SSSR count). The van der Waals surface area contributed by atoms with Gasteiger partial charge in [-0.15, -0.1) is 0 Å². The monoisotopic (exact) mass is 487 g/mol. The molecule has 1 fully saturated rings. The van der Waals surface area contributed by atoms with Gasteiger partial charge in [-0.3, -0.25) is 5.41 Å². The molecule has 1 aliphatic heterocycles. The van der Waals surface area contributed by atoms with Gasteiger partial charge in [-0.05, 0) is 73.7 Å². The zero-order valence-electron chi connectivity index (χ0n) is 21.5. The number of carbonyl (C=O) groups is 1. The maximum atomic E-state index is 11.8. The molecule has 190 valence electrons. The maximum Gasteiger partial charge on any atom is 0.337 e. The third kappa shape index (κ3) is 6.93. The van der Waals surface area contributed by atoms with Crippen LogP contribution in [0.2, 0.25) is 0 Å². The highest BCUT2D eigenvalue weighted by Gasteiger charge is 2.27. The summed E-state index contributed by atoms with van der Waals surface area (Å²) in [5.41, 5.74) is 5.50. The first-order chi connectivity index (χ1) is 17.3. The van der Waals surface area contributed by atoms with E-state index in [0.717, 1.165) is 25.1 Å². The van der Waals surface area contributed by atoms with E-state index in [0.29, 0.717) is 25.4 Å². The van der Waals surface area contributed by atoms with Crippen LogP contribution in [0.4, 0.5) is 0 Å². The number of benzene rings is 3. The Morgan fingerprint density at radius 1 is 1.03 bits per heavy atom. The number of carbonyl (C=O) groups excluding carboxylic acids is 1. The van der Waals surface area contributed by atoms with Gasteiger partial charge in [0.25, 0.3) is 0 Å². The molecule has 1 heterocycles. The molecule has 0 spiro atoms. The van der Waals surface area contributed by atoms with Gasteiger partial charge in [-0.2, -0.15) is 0 Å². The molecule has 0 saturated carbocycles. The molecule has 3 aromatic carbocycles. The van der Waals surface area contributed by atoms with Crippen molar-refractivity contribution in [2.75, 3.05) is 13.1 Å². The minimum absolute atomic E-state index is 0.117. The lowest BCUT2D eigenvalue weighted by Crippen LogP contribution is -2.40. The summed E-state index contributed by atoms with van der Waals surface area (Å²) in [7, 11) is 0. The molecule has 0 aliphatic carbocycles. The summed E-state index contributed by atoms with van der Waals surface area (Å²) in [5, 5.41) is 14.0. The van der Waals surface area contributed by atoms with Crippen LogP contribution in [0.1, 0.15) is 56.2 Å². The number of aryl methyl sites for hydroxylation is 1. The third-order valence-electron chi connectivity index (χ3n) is 6.66. The summed E-state index contributed by atoms with van der Waals surface area (Å²) < 4.78 is 6.42. The highest BCUT2D eigenvalue weighted by Crippen LogP contribution is 2.29. The van der Waals surface area contributed by atoms with Crippen LogP contribution in [0.15, 0.2) is 66.7 Å². The molecule has 2 unspecified atom stereocenters. The van der Waals surface area contributed by atoms with Crippen molar-refractivity contribution in [1.29, 1.82) is 5.41 Å². The molecule has 36 heavy (non-hydrogen) atoms. The van der Waals surface area contributed by atoms with E-state index in [4.69, 9.17) is 15.0 Å². The lowest BCUT2D eigenvalue weighted by Gasteiger charge is -2.32. The highest BCUT2D eigenvalue weighted by atomic mass is 16.7. The number of nitrogens with one attached hydrogen (secondary N) is 3. The first-order valence-electron chi connectivity index (χ1n) is 12.7. The Morgan fingerprint density at radius 2 is 1.75 bits per heavy atom. The second-order valence-corrected chi connectivity index (χ2v) is 10.6. The van der Waals surface area contributed by atoms with E-state index in [-0.39, 0.29) is 17.9 Å². The summed E-state index contributed by atoms with van der Waals surface area (Å²) in [5.74, 6) is 0.158. The van der Waals surface area contributed by atoms with Crippen LogP contribution in [0.5, 0.6) is 0 Å². The van der Waals surface area contributed by atoms with E-state index in [9.17, 15) is 4.79 Å². The molecular weight excluding hydrogens is 450 g/mol. The van der Waals surface area contributed by atoms with E-state index < -0.39 is 5.41 Å². The molecule has 0 radical (unpaired) electrons. The van der Waals surface area contributed by atoms with E-state index in [1.807, 2.05) is 0 Å². The fourth-order valence-corrected chi connectivity index (χ4v) is 4.43. The molecule has 2 atom stereocenters. The zero-order valence-corrected chi connectivity index (χ0v) is 21.5. The van der Waals surface area contributed by atoms with Crippen LogP contribution in [-0.2, 0) is 27.4 Å². The number of ether oxygens (including phenoxy) is 1. The predicted molar refractivity (Wildman–Crippen MR) is 144 cm³/mol. The molecule has 0 bridgehead atoms. The summed E-state index contributed by atoms with van der Waals surface area (Å²) in [6.07, 6.45) is 2.33. The van der Waals surface area contributed by atoms with Gasteiger partial charge in [-0.1, -0.05) is 60.7 Å². The Hall–Kier alpha value is -3.22. The van der Waals surface area contributed by atoms with Crippen molar-refractivity contribution in [3.8, 4) is 0 Å². The number of fused-ring (bicyclic) bond motifs is 1. The zero-order chi connectivity index (χ0) is 25.5. The fourth-order valence-electron chi connectivity index (χ4n) is 4.43. The SMILES string of the molecule is CC(C)(C)C(=O)ONC(=N)CCc1ccc(C2CCNCC2OCc2ccc3ccccc3c2)cc1. The van der Waals surface area contributed by atoms with Crippen molar-refractivity contribution in [2.24, 2.45) is 5.41 Å². The lowest BCUT2D eigenvalue weighted by molar-refractivity contribution is -0.157. The minimum atomic E-state index is -0.602. The molecule has 6 nitrogen and oxygen atoms in total. The Kier molecular flexibility index (Phi) is 8.39. The van der Waals surface area contributed by atoms with Crippen LogP contribution in [0, 0.1) is 10.8 Å². The second-order valence-electron chi connectivity index (χ2n) is 10.6. The van der Waals surface area contributed by atoms with E-state index >= 15 is 0 Å². The van der Waals surface area contributed by atoms with Gasteiger partial charge < -0.3 is 14.9 Å². The fraction of sp³-hybridized carbons (Fsp3) is 0.400. The van der Waals surface area contributed by atoms with Crippen molar-refractivity contribution in [3.05, 3.63) is 83.4 Å². The molecule has 1 saturated heterocycles. The quantitative estimate of drug-likeness (QED) is 0.233. The van der Waals surface area contributed by atoms with Gasteiger partial charge in [0.15, 0.2) is 0 Å². The number of rotatable bonds is 7. The van der Waals surface area contributed by atoms with Gasteiger partial charge in [-0.25, -0.2) is 10.3 Å². The Bertz CT molecular complexity index is 1180. The third-order valence-corrected chi connectivity index (χ3v) is 6.66. The molecule has 6 heteroatoms. The summed E-state index contributed by atoms with van der Waals surface area (Å²) in [4.78, 5) is 16.9. The molecule has 0 amide bonds. The number of amidine groups is 1. The maximum absolute atomic E-state index is 11.8. The van der Waals surface area contributed by atoms with E-state index in [1.54, 1.807) is 20.8 Å². The Balaban J connectivity index is 1.30. The van der Waals surface area contributed by atoms with Crippen molar-refractivity contribution >= 4 is 22.6 Å². The first-order valence-corrected chi connectivity index (χ1v) is 12.7. The van der Waals surface area contributed by atoms with Crippen LogP contribution in [0.3, 0.4) is 0 Å². The summed E-state index contributed by atoms with van der Waals surface area (Å²) >= 11 is 0. The molecule has 0 aromatic heterocycles. The molecule has 3 aromatic rings. The van der Waals surface area contributed by atoms with Gasteiger partial charge >= 0.3 is 5.97 Å². The smallest absolute Gasteiger partial charge is 0.337 e. The van der Waals surface area contributed by atoms with Gasteiger partial charge in [0.05, 0.1) is 18.1 Å². The molecule has 1 aliphatic rings. The van der Waals surface area contributed by atoms with Gasteiger partial charge in [0.1, 0.15) is 5.84 Å². The lowest BCUT2D eigenvalue weighted by atomic mass is 9.87. The normalized spacial score (nSPS) is 18.1. The summed E-state index contributed by atoms with van der Waals surface area (Å²) in [6.45, 7) is 7.77. The van der Waals surface area contributed by atoms with Crippen molar-refractivity contribution in [2.45, 2.75) is 58.7 Å². The van der Waals surface area contributed by atoms with E-state index in [1.165, 1.54) is 21.9 Å². The van der Waals surface area contributed by atoms with Crippen LogP contribution in [-0.4, -0.2) is 31.0 Å². The number of hydrogen-bond acceptors (Lipinski definition) is 5. The summed E-state index contributed by atoms with van der Waals surface area (Å²) in [6, 6.07) is 23.6. The van der Waals surface area contributed by atoms with Crippen LogP contribution < -0.4 is 10.8 Å². The number of hydrogen-bond donors (Lipinski definition) is 3. The van der Waals surface area contributed by atoms with Crippen LogP contribution >= 0.6 is 0 Å². The van der Waals surface area contributed by atoms with Crippen molar-refractivity contribution in [3.63, 3.8) is 0 Å². The van der Waals surface area contributed by atoms with Gasteiger partial charge in [0, 0.05) is 18.9 Å². The van der Waals surface area contributed by atoms with Gasteiger partial charge in [0.2, 0.25) is 0 Å². The Labute approximate surface area is 213 Å². The molecule has 3 N–H and O–H groups in total. The average molecular weight is 488 g/mol. The standard InChI is InChI=1S/C30H37N3O3/c1-30(2,3)29(34)36-33-28(31)15-11-21-8-13-24(14-9-21)26-16-17-32-19-27(26)35-20-22-10-12-23-6-4-5-7-25(23)18-22/h4-10,12-14,18,26-27,32H,11,15-17,19-20H2,1-3H3,(H2,31,33). The second kappa shape index (κ2) is 11.7. The average Bonchev–Trinajstić information content (AvgIpc) is 2.89. The highest BCUT2D eigenvalue weighted by molar-refractivity contribution is 5.83. The Morgan fingerprint density at radius 3 is 2.50 bits per heavy atom. The first kappa shape index (κ1) is 25.9. The van der Waals surface area contributed by atoms with E-state index in [2.05, 4.69) is 77.5 Å².